The third-order valence-corrected chi connectivity index (χ3v) is 5.34. The van der Waals surface area contributed by atoms with Gasteiger partial charge in [-0.2, -0.15) is 0 Å². The Morgan fingerprint density at radius 2 is 1.65 bits per heavy atom. The van der Waals surface area contributed by atoms with Crippen molar-refractivity contribution in [3.63, 3.8) is 0 Å². The van der Waals surface area contributed by atoms with Gasteiger partial charge in [-0.25, -0.2) is 0 Å². The molecular formula is C18H28N2. The molecule has 1 aromatic carbocycles. The highest BCUT2D eigenvalue weighted by Crippen LogP contribution is 2.53. The average Bonchev–Trinajstić information content (AvgIpc) is 2.88. The summed E-state index contributed by atoms with van der Waals surface area (Å²) in [6.45, 7) is 14.0. The maximum Gasteiger partial charge on any atom is 0.0419 e. The van der Waals surface area contributed by atoms with Gasteiger partial charge in [0, 0.05) is 24.5 Å². The van der Waals surface area contributed by atoms with Crippen LogP contribution in [0.25, 0.3) is 0 Å². The number of hydrogen-bond donors (Lipinski definition) is 1. The van der Waals surface area contributed by atoms with E-state index in [2.05, 4.69) is 45.6 Å². The fraction of sp³-hybridized carbons (Fsp3) is 0.667. The maximum absolute atomic E-state index is 6.57. The van der Waals surface area contributed by atoms with Crippen LogP contribution >= 0.6 is 0 Å². The molecular weight excluding hydrogens is 244 g/mol. The molecule has 0 radical (unpaired) electrons. The highest BCUT2D eigenvalue weighted by atomic mass is 15.1. The molecule has 0 atom stereocenters. The quantitative estimate of drug-likeness (QED) is 0.779. The predicted molar refractivity (Wildman–Crippen MR) is 87.7 cm³/mol. The normalized spacial score (nSPS) is 23.1. The van der Waals surface area contributed by atoms with Crippen LogP contribution in [0.4, 0.5) is 11.4 Å². The average molecular weight is 272 g/mol. The zero-order valence-electron chi connectivity index (χ0n) is 13.6. The summed E-state index contributed by atoms with van der Waals surface area (Å²) in [6.07, 6.45) is 3.80. The lowest BCUT2D eigenvalue weighted by atomic mass is 9.81. The number of nitrogen functional groups attached to an aromatic ring is 1. The monoisotopic (exact) mass is 272 g/mol. The van der Waals surface area contributed by atoms with Gasteiger partial charge in [0.05, 0.1) is 0 Å². The maximum atomic E-state index is 6.57. The minimum Gasteiger partial charge on any atom is -0.398 e. The van der Waals surface area contributed by atoms with Crippen molar-refractivity contribution in [2.75, 3.05) is 23.7 Å². The first-order valence-corrected chi connectivity index (χ1v) is 7.93. The lowest BCUT2D eigenvalue weighted by Crippen LogP contribution is -2.21. The minimum absolute atomic E-state index is 0.192. The SMILES string of the molecule is Cc1c(N2CCCC2)cc2c(c1N)C(C)(C)CC2(C)C. The zero-order chi connectivity index (χ0) is 14.7. The third kappa shape index (κ3) is 1.84. The molecule has 2 aliphatic rings. The van der Waals surface area contributed by atoms with Gasteiger partial charge in [-0.3, -0.25) is 0 Å². The molecule has 0 aromatic heterocycles. The summed E-state index contributed by atoms with van der Waals surface area (Å²) in [4.78, 5) is 2.52. The summed E-state index contributed by atoms with van der Waals surface area (Å²) >= 11 is 0. The Bertz CT molecular complexity index is 549. The van der Waals surface area contributed by atoms with E-state index in [1.165, 1.54) is 54.7 Å². The van der Waals surface area contributed by atoms with Gasteiger partial charge in [-0.15, -0.1) is 0 Å². The lowest BCUT2D eigenvalue weighted by molar-refractivity contribution is 0.403. The van der Waals surface area contributed by atoms with Crippen LogP contribution in [-0.4, -0.2) is 13.1 Å². The van der Waals surface area contributed by atoms with E-state index in [1.807, 2.05) is 0 Å². The zero-order valence-corrected chi connectivity index (χ0v) is 13.6. The lowest BCUT2D eigenvalue weighted by Gasteiger charge is -2.27. The number of nitrogens with zero attached hydrogens (tertiary/aromatic N) is 1. The van der Waals surface area contributed by atoms with Gasteiger partial charge >= 0.3 is 0 Å². The Labute approximate surface area is 123 Å². The molecule has 0 spiro atoms. The van der Waals surface area contributed by atoms with Crippen molar-refractivity contribution in [2.24, 2.45) is 0 Å². The number of anilines is 2. The largest absolute Gasteiger partial charge is 0.398 e. The van der Waals surface area contributed by atoms with Crippen molar-refractivity contribution in [3.8, 4) is 0 Å². The predicted octanol–water partition coefficient (Wildman–Crippen LogP) is 4.14. The molecule has 20 heavy (non-hydrogen) atoms. The van der Waals surface area contributed by atoms with Crippen LogP contribution in [-0.2, 0) is 10.8 Å². The Hall–Kier alpha value is -1.18. The van der Waals surface area contributed by atoms with Gasteiger partial charge < -0.3 is 10.6 Å². The number of rotatable bonds is 1. The fourth-order valence-corrected chi connectivity index (χ4v) is 4.63. The summed E-state index contributed by atoms with van der Waals surface area (Å²) in [5, 5.41) is 0. The molecule has 1 aliphatic carbocycles. The molecule has 3 rings (SSSR count). The van der Waals surface area contributed by atoms with Crippen molar-refractivity contribution in [1.29, 1.82) is 0 Å². The Balaban J connectivity index is 2.21. The van der Waals surface area contributed by atoms with Gasteiger partial charge in [-0.05, 0) is 59.8 Å². The van der Waals surface area contributed by atoms with Crippen molar-refractivity contribution in [3.05, 3.63) is 22.8 Å². The first-order valence-electron chi connectivity index (χ1n) is 7.93. The van der Waals surface area contributed by atoms with Crippen molar-refractivity contribution >= 4 is 11.4 Å². The molecule has 1 heterocycles. The van der Waals surface area contributed by atoms with Crippen LogP contribution in [0.1, 0.15) is 63.6 Å². The van der Waals surface area contributed by atoms with Gasteiger partial charge in [-0.1, -0.05) is 27.7 Å². The van der Waals surface area contributed by atoms with Gasteiger partial charge in [0.2, 0.25) is 0 Å². The number of fused-ring (bicyclic) bond motifs is 1. The molecule has 0 amide bonds. The Kier molecular flexibility index (Phi) is 2.87. The molecule has 0 unspecified atom stereocenters. The molecule has 1 aliphatic heterocycles. The van der Waals surface area contributed by atoms with E-state index in [9.17, 15) is 0 Å². The molecule has 0 bridgehead atoms. The molecule has 1 fully saturated rings. The van der Waals surface area contributed by atoms with Crippen LogP contribution in [0.5, 0.6) is 0 Å². The second-order valence-corrected chi connectivity index (χ2v) is 8.00. The van der Waals surface area contributed by atoms with E-state index in [1.54, 1.807) is 0 Å². The second-order valence-electron chi connectivity index (χ2n) is 8.00. The Morgan fingerprint density at radius 3 is 2.25 bits per heavy atom. The molecule has 1 aromatic rings. The minimum atomic E-state index is 0.192. The van der Waals surface area contributed by atoms with Crippen LogP contribution in [0.15, 0.2) is 6.07 Å². The van der Waals surface area contributed by atoms with Crippen molar-refractivity contribution in [2.45, 2.75) is 64.7 Å². The van der Waals surface area contributed by atoms with E-state index < -0.39 is 0 Å². The van der Waals surface area contributed by atoms with Crippen LogP contribution in [0.3, 0.4) is 0 Å². The third-order valence-electron chi connectivity index (χ3n) is 5.34. The first kappa shape index (κ1) is 13.8. The molecule has 1 saturated heterocycles. The summed E-state index contributed by atoms with van der Waals surface area (Å²) in [5.74, 6) is 0. The van der Waals surface area contributed by atoms with Crippen molar-refractivity contribution in [1.82, 2.24) is 0 Å². The number of nitrogens with two attached hydrogens (primary N) is 1. The topological polar surface area (TPSA) is 29.3 Å². The van der Waals surface area contributed by atoms with Crippen LogP contribution in [0, 0.1) is 6.92 Å². The van der Waals surface area contributed by atoms with Crippen LogP contribution < -0.4 is 10.6 Å². The van der Waals surface area contributed by atoms with Gasteiger partial charge in [0.15, 0.2) is 0 Å². The first-order chi connectivity index (χ1) is 9.24. The van der Waals surface area contributed by atoms with E-state index in [0.29, 0.717) is 0 Å². The summed E-state index contributed by atoms with van der Waals surface area (Å²) in [7, 11) is 0. The number of benzene rings is 1. The van der Waals surface area contributed by atoms with Gasteiger partial charge in [0.25, 0.3) is 0 Å². The number of hydrogen-bond acceptors (Lipinski definition) is 2. The second kappa shape index (κ2) is 4.16. The summed E-state index contributed by atoms with van der Waals surface area (Å²) in [5.41, 5.74) is 13.6. The molecule has 110 valence electrons. The molecule has 2 heteroatoms. The molecule has 2 nitrogen and oxygen atoms in total. The molecule has 0 saturated carbocycles. The van der Waals surface area contributed by atoms with Crippen molar-refractivity contribution < 1.29 is 0 Å². The fourth-order valence-electron chi connectivity index (χ4n) is 4.63. The van der Waals surface area contributed by atoms with E-state index in [-0.39, 0.29) is 10.8 Å². The van der Waals surface area contributed by atoms with Gasteiger partial charge in [0.1, 0.15) is 0 Å². The van der Waals surface area contributed by atoms with E-state index in [0.717, 1.165) is 5.69 Å². The highest BCUT2D eigenvalue weighted by Gasteiger charge is 2.44. The Morgan fingerprint density at radius 1 is 1.05 bits per heavy atom. The van der Waals surface area contributed by atoms with E-state index in [4.69, 9.17) is 5.73 Å². The smallest absolute Gasteiger partial charge is 0.0419 e. The summed E-state index contributed by atoms with van der Waals surface area (Å²) in [6, 6.07) is 2.45. The van der Waals surface area contributed by atoms with Crippen LogP contribution in [0.2, 0.25) is 0 Å². The standard InChI is InChI=1S/C18H28N2/c1-12-14(20-8-6-7-9-20)10-13-15(16(12)19)18(4,5)11-17(13,2)3/h10H,6-9,11,19H2,1-5H3. The van der Waals surface area contributed by atoms with E-state index >= 15 is 0 Å². The highest BCUT2D eigenvalue weighted by molar-refractivity contribution is 5.74. The summed E-state index contributed by atoms with van der Waals surface area (Å²) < 4.78 is 0. The molecule has 2 N–H and O–H groups in total.